The third kappa shape index (κ3) is 3.39. The lowest BCUT2D eigenvalue weighted by Gasteiger charge is -2.15. The van der Waals surface area contributed by atoms with Gasteiger partial charge in [-0.05, 0) is 19.4 Å². The quantitative estimate of drug-likeness (QED) is 0.724. The summed E-state index contributed by atoms with van der Waals surface area (Å²) in [5.41, 5.74) is 2.88. The number of carbonyl (C=O) groups is 1. The molecular weight excluding hydrogens is 316 g/mol. The van der Waals surface area contributed by atoms with E-state index in [2.05, 4.69) is 10.4 Å². The van der Waals surface area contributed by atoms with Crippen molar-refractivity contribution in [1.29, 1.82) is 0 Å². The predicted octanol–water partition coefficient (Wildman–Crippen LogP) is 2.62. The number of aromatic nitrogens is 3. The van der Waals surface area contributed by atoms with Crippen LogP contribution in [0.5, 0.6) is 0 Å². The minimum absolute atomic E-state index is 0.0871. The first-order chi connectivity index (χ1) is 12.2. The van der Waals surface area contributed by atoms with Crippen molar-refractivity contribution in [3.05, 3.63) is 48.2 Å². The maximum absolute atomic E-state index is 12.8. The number of nitrogens with zero attached hydrogens (tertiary/aromatic N) is 3. The zero-order valence-electron chi connectivity index (χ0n) is 14.4. The molecular formula is C19H22N4O2. The van der Waals surface area contributed by atoms with Crippen LogP contribution in [0.4, 0.5) is 0 Å². The van der Waals surface area contributed by atoms with Crippen LogP contribution in [0, 0.1) is 0 Å². The highest BCUT2D eigenvalue weighted by molar-refractivity contribution is 6.06. The van der Waals surface area contributed by atoms with Crippen molar-refractivity contribution >= 4 is 16.9 Å². The Labute approximate surface area is 146 Å². The maximum atomic E-state index is 12.8. The first kappa shape index (κ1) is 17.1. The Balaban J connectivity index is 2.13. The van der Waals surface area contributed by atoms with Crippen molar-refractivity contribution in [3.8, 4) is 11.3 Å². The molecule has 3 rings (SSSR count). The molecule has 0 saturated carbocycles. The van der Waals surface area contributed by atoms with Gasteiger partial charge in [0.25, 0.3) is 5.91 Å². The molecule has 0 aliphatic heterocycles. The van der Waals surface area contributed by atoms with Gasteiger partial charge in [0.05, 0.1) is 35.5 Å². The van der Waals surface area contributed by atoms with Gasteiger partial charge in [-0.1, -0.05) is 37.3 Å². The van der Waals surface area contributed by atoms with Gasteiger partial charge < -0.3 is 10.4 Å². The molecule has 0 bridgehead atoms. The SMILES string of the molecule is CCC(CO)NC(=O)c1cc(-c2ccccc2)nc2c1cnn2CC. The Morgan fingerprint density at radius 1 is 1.28 bits per heavy atom. The van der Waals surface area contributed by atoms with Crippen molar-refractivity contribution in [2.24, 2.45) is 0 Å². The van der Waals surface area contributed by atoms with E-state index in [1.165, 1.54) is 0 Å². The average Bonchev–Trinajstić information content (AvgIpc) is 3.08. The normalized spacial score (nSPS) is 12.3. The van der Waals surface area contributed by atoms with Crippen molar-refractivity contribution in [3.63, 3.8) is 0 Å². The number of benzene rings is 1. The largest absolute Gasteiger partial charge is 0.394 e. The Bertz CT molecular complexity index is 870. The molecule has 1 aromatic carbocycles. The molecule has 2 heterocycles. The monoisotopic (exact) mass is 338 g/mol. The van der Waals surface area contributed by atoms with Gasteiger partial charge in [-0.15, -0.1) is 0 Å². The van der Waals surface area contributed by atoms with E-state index in [4.69, 9.17) is 4.98 Å². The minimum Gasteiger partial charge on any atom is -0.394 e. The molecule has 0 saturated heterocycles. The van der Waals surface area contributed by atoms with Gasteiger partial charge >= 0.3 is 0 Å². The molecule has 25 heavy (non-hydrogen) atoms. The van der Waals surface area contributed by atoms with E-state index in [9.17, 15) is 9.90 Å². The molecule has 2 aromatic heterocycles. The summed E-state index contributed by atoms with van der Waals surface area (Å²) in [4.78, 5) is 17.5. The molecule has 0 aliphatic rings. The van der Waals surface area contributed by atoms with Crippen LogP contribution in [-0.2, 0) is 6.54 Å². The molecule has 0 radical (unpaired) electrons. The Morgan fingerprint density at radius 3 is 2.68 bits per heavy atom. The first-order valence-electron chi connectivity index (χ1n) is 8.51. The summed E-state index contributed by atoms with van der Waals surface area (Å²) in [6.07, 6.45) is 2.34. The maximum Gasteiger partial charge on any atom is 0.252 e. The van der Waals surface area contributed by atoms with Crippen LogP contribution < -0.4 is 5.32 Å². The average molecular weight is 338 g/mol. The fourth-order valence-corrected chi connectivity index (χ4v) is 2.76. The molecule has 3 aromatic rings. The van der Waals surface area contributed by atoms with Gasteiger partial charge in [0.1, 0.15) is 0 Å². The van der Waals surface area contributed by atoms with Gasteiger partial charge in [0.2, 0.25) is 0 Å². The number of hydrogen-bond donors (Lipinski definition) is 2. The van der Waals surface area contributed by atoms with Crippen LogP contribution in [0.1, 0.15) is 30.6 Å². The third-order valence-corrected chi connectivity index (χ3v) is 4.27. The molecule has 1 unspecified atom stereocenters. The molecule has 6 heteroatoms. The Hall–Kier alpha value is -2.73. The fourth-order valence-electron chi connectivity index (χ4n) is 2.76. The number of aliphatic hydroxyl groups excluding tert-OH is 1. The van der Waals surface area contributed by atoms with Crippen molar-refractivity contribution in [1.82, 2.24) is 20.1 Å². The van der Waals surface area contributed by atoms with Crippen LogP contribution in [0.15, 0.2) is 42.6 Å². The van der Waals surface area contributed by atoms with Gasteiger partial charge in [-0.25, -0.2) is 9.67 Å². The van der Waals surface area contributed by atoms with E-state index >= 15 is 0 Å². The number of fused-ring (bicyclic) bond motifs is 1. The van der Waals surface area contributed by atoms with E-state index in [-0.39, 0.29) is 18.6 Å². The smallest absolute Gasteiger partial charge is 0.252 e. The second-order valence-corrected chi connectivity index (χ2v) is 5.88. The standard InChI is InChI=1S/C19H22N4O2/c1-3-14(12-24)21-19(25)15-10-17(13-8-6-5-7-9-13)22-18-16(15)11-20-23(18)4-2/h5-11,14,24H,3-4,12H2,1-2H3,(H,21,25). The highest BCUT2D eigenvalue weighted by Gasteiger charge is 2.19. The van der Waals surface area contributed by atoms with Crippen LogP contribution in [0.2, 0.25) is 0 Å². The topological polar surface area (TPSA) is 80.0 Å². The summed E-state index contributed by atoms with van der Waals surface area (Å²) in [5.74, 6) is -0.221. The van der Waals surface area contributed by atoms with Gasteiger partial charge in [0.15, 0.2) is 5.65 Å². The molecule has 1 atom stereocenters. The number of aliphatic hydroxyl groups is 1. The number of nitrogens with one attached hydrogen (secondary N) is 1. The fraction of sp³-hybridized carbons (Fsp3) is 0.316. The second-order valence-electron chi connectivity index (χ2n) is 5.88. The minimum atomic E-state index is -0.267. The molecule has 0 spiro atoms. The summed E-state index contributed by atoms with van der Waals surface area (Å²) in [6.45, 7) is 4.50. The summed E-state index contributed by atoms with van der Waals surface area (Å²) in [7, 11) is 0. The molecule has 6 nitrogen and oxygen atoms in total. The van der Waals surface area contributed by atoms with Crippen molar-refractivity contribution in [2.45, 2.75) is 32.9 Å². The van der Waals surface area contributed by atoms with E-state index in [0.29, 0.717) is 29.6 Å². The summed E-state index contributed by atoms with van der Waals surface area (Å²) in [5, 5.41) is 17.3. The highest BCUT2D eigenvalue weighted by Crippen LogP contribution is 2.25. The highest BCUT2D eigenvalue weighted by atomic mass is 16.3. The van der Waals surface area contributed by atoms with E-state index in [0.717, 1.165) is 11.3 Å². The Kier molecular flexibility index (Phi) is 5.09. The van der Waals surface area contributed by atoms with Crippen LogP contribution in [0.3, 0.4) is 0 Å². The lowest BCUT2D eigenvalue weighted by atomic mass is 10.1. The second kappa shape index (κ2) is 7.44. The molecule has 130 valence electrons. The zero-order chi connectivity index (χ0) is 17.8. The van der Waals surface area contributed by atoms with Crippen LogP contribution in [-0.4, -0.2) is 38.4 Å². The number of hydrogen-bond acceptors (Lipinski definition) is 4. The number of carbonyl (C=O) groups excluding carboxylic acids is 1. The zero-order valence-corrected chi connectivity index (χ0v) is 14.4. The third-order valence-electron chi connectivity index (χ3n) is 4.27. The van der Waals surface area contributed by atoms with Crippen LogP contribution in [0.25, 0.3) is 22.3 Å². The van der Waals surface area contributed by atoms with Crippen molar-refractivity contribution < 1.29 is 9.90 Å². The summed E-state index contributed by atoms with van der Waals surface area (Å²) < 4.78 is 1.78. The number of aryl methyl sites for hydroxylation is 1. The molecule has 2 N–H and O–H groups in total. The van der Waals surface area contributed by atoms with E-state index < -0.39 is 0 Å². The lowest BCUT2D eigenvalue weighted by molar-refractivity contribution is 0.0916. The molecule has 0 aliphatic carbocycles. The number of amides is 1. The summed E-state index contributed by atoms with van der Waals surface area (Å²) >= 11 is 0. The summed E-state index contributed by atoms with van der Waals surface area (Å²) in [6, 6.07) is 11.3. The van der Waals surface area contributed by atoms with Gasteiger partial charge in [-0.3, -0.25) is 4.79 Å². The van der Waals surface area contributed by atoms with E-state index in [1.807, 2.05) is 44.2 Å². The van der Waals surface area contributed by atoms with Crippen molar-refractivity contribution in [2.75, 3.05) is 6.61 Å². The van der Waals surface area contributed by atoms with E-state index in [1.54, 1.807) is 16.9 Å². The Morgan fingerprint density at radius 2 is 2.04 bits per heavy atom. The number of pyridine rings is 1. The lowest BCUT2D eigenvalue weighted by Crippen LogP contribution is -2.37. The molecule has 0 fully saturated rings. The van der Waals surface area contributed by atoms with Gasteiger partial charge in [0, 0.05) is 12.1 Å². The molecule has 1 amide bonds. The predicted molar refractivity (Wildman–Crippen MR) is 97.3 cm³/mol. The first-order valence-corrected chi connectivity index (χ1v) is 8.51. The van der Waals surface area contributed by atoms with Gasteiger partial charge in [-0.2, -0.15) is 5.10 Å². The van der Waals surface area contributed by atoms with Crippen LogP contribution >= 0.6 is 0 Å². The number of rotatable bonds is 6.